The standard InChI is InChI=1S/C39H36N6O3/c1-44(2)25-28-14-17-31(18-15-28)42-36(30-11-4-3-5-12-30)35-32-19-16-27(23-34(32)43-38(35)47)9-7-21-41-37(46)33-13-8-22-45(39(33)48)26-29-10-6-20-40-24-29/h3-20,22-24,43,47H,21,25-26H2,1-2H3,(H,41,46). The van der Waals surface area contributed by atoms with Crippen LogP contribution < -0.4 is 10.9 Å². The Morgan fingerprint density at radius 2 is 1.79 bits per heavy atom. The highest BCUT2D eigenvalue weighted by Crippen LogP contribution is 2.32. The second kappa shape index (κ2) is 14.6. The molecule has 240 valence electrons. The number of pyridine rings is 2. The molecule has 0 aliphatic heterocycles. The van der Waals surface area contributed by atoms with Gasteiger partial charge >= 0.3 is 0 Å². The first-order valence-electron chi connectivity index (χ1n) is 15.6. The van der Waals surface area contributed by atoms with E-state index in [1.807, 2.05) is 99.0 Å². The third kappa shape index (κ3) is 7.49. The van der Waals surface area contributed by atoms with Gasteiger partial charge in [0.05, 0.1) is 23.5 Å². The topological polar surface area (TPSA) is 116 Å². The van der Waals surface area contributed by atoms with Gasteiger partial charge in [0.15, 0.2) is 5.88 Å². The van der Waals surface area contributed by atoms with Crippen LogP contribution in [0.2, 0.25) is 0 Å². The molecule has 0 saturated carbocycles. The maximum absolute atomic E-state index is 12.9. The van der Waals surface area contributed by atoms with Crippen molar-refractivity contribution in [3.05, 3.63) is 165 Å². The van der Waals surface area contributed by atoms with Gasteiger partial charge in [0.25, 0.3) is 11.5 Å². The number of aromatic hydroxyl groups is 1. The molecule has 48 heavy (non-hydrogen) atoms. The molecule has 9 nitrogen and oxygen atoms in total. The van der Waals surface area contributed by atoms with Crippen LogP contribution in [0.3, 0.4) is 0 Å². The van der Waals surface area contributed by atoms with Crippen molar-refractivity contribution in [1.82, 2.24) is 24.8 Å². The van der Waals surface area contributed by atoms with E-state index in [0.717, 1.165) is 39.8 Å². The minimum Gasteiger partial charge on any atom is -0.494 e. The number of aliphatic imine (C=N–C) groups is 1. The van der Waals surface area contributed by atoms with Gasteiger partial charge in [-0.25, -0.2) is 4.99 Å². The zero-order valence-corrected chi connectivity index (χ0v) is 26.8. The highest BCUT2D eigenvalue weighted by Gasteiger charge is 2.19. The van der Waals surface area contributed by atoms with Crippen molar-refractivity contribution in [2.24, 2.45) is 4.99 Å². The van der Waals surface area contributed by atoms with Crippen molar-refractivity contribution in [1.29, 1.82) is 0 Å². The van der Waals surface area contributed by atoms with Crippen LogP contribution in [0.5, 0.6) is 5.88 Å². The Hall–Kier alpha value is -6.06. The van der Waals surface area contributed by atoms with Crippen molar-refractivity contribution < 1.29 is 9.90 Å². The molecule has 3 aromatic carbocycles. The number of hydrogen-bond donors (Lipinski definition) is 3. The second-order valence-corrected chi connectivity index (χ2v) is 11.7. The van der Waals surface area contributed by atoms with Crippen LogP contribution >= 0.6 is 0 Å². The van der Waals surface area contributed by atoms with Crippen LogP contribution in [0.4, 0.5) is 5.69 Å². The molecular weight excluding hydrogens is 600 g/mol. The summed E-state index contributed by atoms with van der Waals surface area (Å²) in [6.07, 6.45) is 8.72. The molecule has 6 rings (SSSR count). The number of nitrogens with one attached hydrogen (secondary N) is 2. The molecule has 6 aromatic rings. The Morgan fingerprint density at radius 3 is 2.54 bits per heavy atom. The molecule has 0 aliphatic rings. The number of H-pyrrole nitrogens is 1. The SMILES string of the molecule is CN(C)Cc1ccc(N=C(c2ccccc2)c2c(O)[nH]c3cc(C=CCNC(=O)c4cccn(Cc5cccnc5)c4=O)ccc23)cc1. The monoisotopic (exact) mass is 636 g/mol. The van der Waals surface area contributed by atoms with Crippen LogP contribution in [-0.2, 0) is 13.1 Å². The van der Waals surface area contributed by atoms with E-state index in [0.29, 0.717) is 17.8 Å². The van der Waals surface area contributed by atoms with E-state index in [2.05, 4.69) is 32.3 Å². The zero-order chi connectivity index (χ0) is 33.5. The van der Waals surface area contributed by atoms with Gasteiger partial charge in [-0.15, -0.1) is 0 Å². The summed E-state index contributed by atoms with van der Waals surface area (Å²) in [5.74, 6) is -0.415. The Kier molecular flexibility index (Phi) is 9.69. The van der Waals surface area contributed by atoms with Crippen LogP contribution in [-0.4, -0.2) is 56.8 Å². The number of nitrogens with zero attached hydrogens (tertiary/aromatic N) is 4. The summed E-state index contributed by atoms with van der Waals surface area (Å²) in [6.45, 7) is 1.39. The van der Waals surface area contributed by atoms with E-state index >= 15 is 0 Å². The number of benzene rings is 3. The average Bonchev–Trinajstić information content (AvgIpc) is 3.42. The van der Waals surface area contributed by atoms with Crippen LogP contribution in [0.25, 0.3) is 17.0 Å². The molecule has 0 unspecified atom stereocenters. The molecule has 9 heteroatoms. The second-order valence-electron chi connectivity index (χ2n) is 11.7. The predicted molar refractivity (Wildman–Crippen MR) is 191 cm³/mol. The summed E-state index contributed by atoms with van der Waals surface area (Å²) in [4.78, 5) is 40.1. The van der Waals surface area contributed by atoms with Gasteiger partial charge in [-0.05, 0) is 67.2 Å². The van der Waals surface area contributed by atoms with Gasteiger partial charge in [-0.2, -0.15) is 0 Å². The molecular formula is C39H36N6O3. The predicted octanol–water partition coefficient (Wildman–Crippen LogP) is 6.15. The molecule has 0 saturated heterocycles. The number of aromatic nitrogens is 3. The lowest BCUT2D eigenvalue weighted by Gasteiger charge is -2.10. The maximum atomic E-state index is 12.9. The van der Waals surface area contributed by atoms with Crippen LogP contribution in [0.15, 0.2) is 132 Å². The molecule has 0 spiro atoms. The number of fused-ring (bicyclic) bond motifs is 1. The van der Waals surface area contributed by atoms with E-state index < -0.39 is 5.91 Å². The number of hydrogen-bond acceptors (Lipinski definition) is 6. The van der Waals surface area contributed by atoms with E-state index in [1.54, 1.807) is 24.7 Å². The Labute approximate surface area is 278 Å². The van der Waals surface area contributed by atoms with Gasteiger partial charge in [-0.1, -0.05) is 72.8 Å². The number of carbonyl (C=O) groups excluding carboxylic acids is 1. The fraction of sp³-hybridized carbons (Fsp3) is 0.128. The van der Waals surface area contributed by atoms with E-state index in [9.17, 15) is 14.7 Å². The normalized spacial score (nSPS) is 11.9. The minimum absolute atomic E-state index is 0.0299. The van der Waals surface area contributed by atoms with Crippen LogP contribution in [0.1, 0.15) is 38.2 Å². The van der Waals surface area contributed by atoms with Crippen molar-refractivity contribution in [2.75, 3.05) is 20.6 Å². The van der Waals surface area contributed by atoms with Gasteiger partial charge in [0.1, 0.15) is 5.56 Å². The highest BCUT2D eigenvalue weighted by molar-refractivity contribution is 6.22. The molecule has 3 N–H and O–H groups in total. The number of carbonyl (C=O) groups is 1. The molecule has 0 bridgehead atoms. The van der Waals surface area contributed by atoms with Gasteiger partial charge < -0.3 is 24.9 Å². The number of amides is 1. The summed E-state index contributed by atoms with van der Waals surface area (Å²) in [5, 5.41) is 14.8. The number of aromatic amines is 1. The largest absolute Gasteiger partial charge is 0.494 e. The van der Waals surface area contributed by atoms with Crippen molar-refractivity contribution in [3.8, 4) is 5.88 Å². The third-order valence-corrected chi connectivity index (χ3v) is 7.79. The Bertz CT molecular complexity index is 2150. The summed E-state index contributed by atoms with van der Waals surface area (Å²) in [6, 6.07) is 30.7. The minimum atomic E-state index is -0.445. The molecule has 0 atom stereocenters. The van der Waals surface area contributed by atoms with Crippen molar-refractivity contribution in [3.63, 3.8) is 0 Å². The summed E-state index contributed by atoms with van der Waals surface area (Å²) >= 11 is 0. The summed E-state index contributed by atoms with van der Waals surface area (Å²) in [5.41, 5.74) is 6.34. The van der Waals surface area contributed by atoms with Gasteiger partial charge in [0, 0.05) is 48.1 Å². The lowest BCUT2D eigenvalue weighted by Crippen LogP contribution is -2.33. The molecule has 0 aliphatic carbocycles. The van der Waals surface area contributed by atoms with E-state index in [1.165, 1.54) is 16.2 Å². The van der Waals surface area contributed by atoms with Crippen molar-refractivity contribution in [2.45, 2.75) is 13.1 Å². The lowest BCUT2D eigenvalue weighted by molar-refractivity contribution is 0.0956. The maximum Gasteiger partial charge on any atom is 0.263 e. The first-order chi connectivity index (χ1) is 23.4. The quantitative estimate of drug-likeness (QED) is 0.148. The average molecular weight is 637 g/mol. The zero-order valence-electron chi connectivity index (χ0n) is 26.8. The third-order valence-electron chi connectivity index (χ3n) is 7.79. The lowest BCUT2D eigenvalue weighted by atomic mass is 10.00. The van der Waals surface area contributed by atoms with E-state index in [4.69, 9.17) is 4.99 Å². The first-order valence-corrected chi connectivity index (χ1v) is 15.6. The van der Waals surface area contributed by atoms with Crippen molar-refractivity contribution >= 4 is 34.3 Å². The molecule has 1 amide bonds. The molecule has 0 radical (unpaired) electrons. The van der Waals surface area contributed by atoms with E-state index in [-0.39, 0.29) is 23.5 Å². The Balaban J connectivity index is 1.19. The molecule has 3 aromatic heterocycles. The highest BCUT2D eigenvalue weighted by atomic mass is 16.3. The first kappa shape index (κ1) is 31.9. The fourth-order valence-electron chi connectivity index (χ4n) is 5.54. The molecule has 0 fully saturated rings. The van der Waals surface area contributed by atoms with Crippen LogP contribution in [0, 0.1) is 0 Å². The smallest absolute Gasteiger partial charge is 0.263 e. The fourth-order valence-corrected chi connectivity index (χ4v) is 5.54. The summed E-state index contributed by atoms with van der Waals surface area (Å²) in [7, 11) is 4.07. The van der Waals surface area contributed by atoms with Gasteiger partial charge in [0.2, 0.25) is 0 Å². The number of rotatable bonds is 11. The molecule has 3 heterocycles. The Morgan fingerprint density at radius 1 is 0.979 bits per heavy atom. The summed E-state index contributed by atoms with van der Waals surface area (Å²) < 4.78 is 1.49. The van der Waals surface area contributed by atoms with Gasteiger partial charge in [-0.3, -0.25) is 14.6 Å².